The lowest BCUT2D eigenvalue weighted by Gasteiger charge is -2.23. The summed E-state index contributed by atoms with van der Waals surface area (Å²) >= 11 is 1.39. The third-order valence-electron chi connectivity index (χ3n) is 3.83. The zero-order valence-electron chi connectivity index (χ0n) is 11.1. The van der Waals surface area contributed by atoms with E-state index in [0.29, 0.717) is 23.4 Å². The molecule has 0 aromatic carbocycles. The van der Waals surface area contributed by atoms with Crippen molar-refractivity contribution in [3.05, 3.63) is 10.9 Å². The molecule has 110 valence electrons. The van der Waals surface area contributed by atoms with Crippen LogP contribution in [0.25, 0.3) is 0 Å². The number of thiophene rings is 1. The Morgan fingerprint density at radius 1 is 1.25 bits per heavy atom. The number of anilines is 2. The van der Waals surface area contributed by atoms with Gasteiger partial charge in [0.05, 0.1) is 27.1 Å². The Hall–Kier alpha value is -1.08. The van der Waals surface area contributed by atoms with Crippen LogP contribution in [0.3, 0.4) is 0 Å². The molecule has 1 aromatic heterocycles. The number of sulfone groups is 1. The van der Waals surface area contributed by atoms with E-state index < -0.39 is 9.84 Å². The predicted octanol–water partition coefficient (Wildman–Crippen LogP) is 1.91. The van der Waals surface area contributed by atoms with Crippen LogP contribution in [-0.4, -0.2) is 31.7 Å². The van der Waals surface area contributed by atoms with Crippen molar-refractivity contribution in [3.63, 3.8) is 0 Å². The van der Waals surface area contributed by atoms with E-state index >= 15 is 0 Å². The Morgan fingerprint density at radius 3 is 2.50 bits per heavy atom. The molecule has 3 N–H and O–H groups in total. The Balaban J connectivity index is 1.66. The Bertz CT molecular complexity index is 618. The summed E-state index contributed by atoms with van der Waals surface area (Å²) in [5.74, 6) is 0.800. The molecule has 0 amide bonds. The second-order valence-electron chi connectivity index (χ2n) is 5.60. The van der Waals surface area contributed by atoms with Gasteiger partial charge in [0.25, 0.3) is 0 Å². The number of ketones is 1. The van der Waals surface area contributed by atoms with Crippen molar-refractivity contribution in [1.29, 1.82) is 0 Å². The number of carbonyl (C=O) groups excluding carboxylic acids is 1. The maximum absolute atomic E-state index is 12.0. The molecular formula is C13H18N2O3S2. The largest absolute Gasteiger partial charge is 0.397 e. The molecule has 1 aliphatic carbocycles. The molecule has 5 nitrogen and oxygen atoms in total. The number of Topliss-reactive ketones (excluding diaryl/α,β-unsaturated/α-hetero) is 1. The molecule has 20 heavy (non-hydrogen) atoms. The fourth-order valence-electron chi connectivity index (χ4n) is 2.44. The van der Waals surface area contributed by atoms with E-state index in [1.807, 2.05) is 0 Å². The summed E-state index contributed by atoms with van der Waals surface area (Å²) in [5, 5.41) is 4.19. The van der Waals surface area contributed by atoms with Crippen LogP contribution >= 0.6 is 11.3 Å². The second kappa shape index (κ2) is 5.04. The Kier molecular flexibility index (Phi) is 3.50. The minimum Gasteiger partial charge on any atom is -0.397 e. The zero-order valence-corrected chi connectivity index (χ0v) is 12.7. The monoisotopic (exact) mass is 314 g/mol. The van der Waals surface area contributed by atoms with Crippen molar-refractivity contribution < 1.29 is 13.2 Å². The van der Waals surface area contributed by atoms with Crippen LogP contribution in [0.5, 0.6) is 0 Å². The highest BCUT2D eigenvalue weighted by Gasteiger charge is 2.33. The standard InChI is InChI=1S/C13H18N2O3S2/c14-10-7-11(19-13(10)12(16)8-1-2-8)15-9-3-5-20(17,18)6-4-9/h7-9,15H,1-6,14H2. The fraction of sp³-hybridized carbons (Fsp3) is 0.615. The van der Waals surface area contributed by atoms with Gasteiger partial charge >= 0.3 is 0 Å². The minimum absolute atomic E-state index is 0.153. The van der Waals surface area contributed by atoms with Gasteiger partial charge in [0, 0.05) is 12.0 Å². The zero-order chi connectivity index (χ0) is 14.3. The van der Waals surface area contributed by atoms with Gasteiger partial charge < -0.3 is 11.1 Å². The van der Waals surface area contributed by atoms with E-state index in [9.17, 15) is 13.2 Å². The lowest BCUT2D eigenvalue weighted by molar-refractivity contribution is 0.0972. The highest BCUT2D eigenvalue weighted by molar-refractivity contribution is 7.91. The van der Waals surface area contributed by atoms with Gasteiger partial charge in [-0.15, -0.1) is 11.3 Å². The molecule has 1 aromatic rings. The van der Waals surface area contributed by atoms with Crippen LogP contribution in [0.1, 0.15) is 35.4 Å². The van der Waals surface area contributed by atoms with E-state index in [0.717, 1.165) is 17.8 Å². The summed E-state index contributed by atoms with van der Waals surface area (Å²) in [4.78, 5) is 12.7. The topological polar surface area (TPSA) is 89.3 Å². The molecule has 2 aliphatic rings. The van der Waals surface area contributed by atoms with E-state index in [4.69, 9.17) is 5.73 Å². The smallest absolute Gasteiger partial charge is 0.178 e. The van der Waals surface area contributed by atoms with Gasteiger partial charge in [-0.05, 0) is 31.7 Å². The van der Waals surface area contributed by atoms with Gasteiger partial charge in [0.2, 0.25) is 0 Å². The first kappa shape index (κ1) is 13.9. The number of carbonyl (C=O) groups is 1. The van der Waals surface area contributed by atoms with Crippen LogP contribution in [0, 0.1) is 5.92 Å². The van der Waals surface area contributed by atoms with Crippen molar-refractivity contribution in [2.45, 2.75) is 31.7 Å². The summed E-state index contributed by atoms with van der Waals surface area (Å²) in [7, 11) is -2.84. The van der Waals surface area contributed by atoms with Crippen LogP contribution in [0.4, 0.5) is 10.7 Å². The Labute approximate surface area is 122 Å². The SMILES string of the molecule is Nc1cc(NC2CCS(=O)(=O)CC2)sc1C(=O)C1CC1. The second-order valence-corrected chi connectivity index (χ2v) is 8.96. The molecule has 2 fully saturated rings. The molecule has 0 radical (unpaired) electrons. The minimum atomic E-state index is -2.84. The molecule has 1 saturated carbocycles. The van der Waals surface area contributed by atoms with Crippen LogP contribution in [-0.2, 0) is 9.84 Å². The van der Waals surface area contributed by atoms with E-state index in [1.165, 1.54) is 11.3 Å². The van der Waals surface area contributed by atoms with E-state index in [2.05, 4.69) is 5.32 Å². The quantitative estimate of drug-likeness (QED) is 0.829. The first-order valence-corrected chi connectivity index (χ1v) is 9.49. The summed E-state index contributed by atoms with van der Waals surface area (Å²) in [5.41, 5.74) is 6.45. The molecule has 0 bridgehead atoms. The van der Waals surface area contributed by atoms with E-state index in [1.54, 1.807) is 6.07 Å². The molecule has 7 heteroatoms. The number of rotatable bonds is 4. The van der Waals surface area contributed by atoms with Gasteiger partial charge in [-0.3, -0.25) is 4.79 Å². The van der Waals surface area contributed by atoms with Crippen molar-refractivity contribution in [2.24, 2.45) is 5.92 Å². The molecule has 3 rings (SSSR count). The average Bonchev–Trinajstić information content (AvgIpc) is 3.16. The first-order chi connectivity index (χ1) is 9.44. The van der Waals surface area contributed by atoms with E-state index in [-0.39, 0.29) is 29.2 Å². The summed E-state index contributed by atoms with van der Waals surface area (Å²) in [6, 6.07) is 1.95. The van der Waals surface area contributed by atoms with Gasteiger partial charge in [-0.25, -0.2) is 8.42 Å². The van der Waals surface area contributed by atoms with Gasteiger partial charge in [0.15, 0.2) is 5.78 Å². The molecule has 0 spiro atoms. The number of hydrogen-bond donors (Lipinski definition) is 2. The fourth-order valence-corrected chi connectivity index (χ4v) is 5.00. The van der Waals surface area contributed by atoms with Crippen LogP contribution in [0.2, 0.25) is 0 Å². The lowest BCUT2D eigenvalue weighted by atomic mass is 10.1. The van der Waals surface area contributed by atoms with Crippen molar-refractivity contribution in [3.8, 4) is 0 Å². The average molecular weight is 314 g/mol. The molecule has 0 unspecified atom stereocenters. The van der Waals surface area contributed by atoms with Crippen LogP contribution in [0.15, 0.2) is 6.07 Å². The molecule has 2 heterocycles. The van der Waals surface area contributed by atoms with Gasteiger partial charge in [-0.1, -0.05) is 0 Å². The lowest BCUT2D eigenvalue weighted by Crippen LogP contribution is -2.31. The highest BCUT2D eigenvalue weighted by atomic mass is 32.2. The number of nitrogens with one attached hydrogen (secondary N) is 1. The third-order valence-corrected chi connectivity index (χ3v) is 6.65. The van der Waals surface area contributed by atoms with Crippen molar-refractivity contribution >= 4 is 37.6 Å². The maximum atomic E-state index is 12.0. The summed E-state index contributed by atoms with van der Waals surface area (Å²) in [6.07, 6.45) is 3.18. The third kappa shape index (κ3) is 2.98. The van der Waals surface area contributed by atoms with Gasteiger partial charge in [0.1, 0.15) is 9.84 Å². The van der Waals surface area contributed by atoms with Crippen molar-refractivity contribution in [1.82, 2.24) is 0 Å². The van der Waals surface area contributed by atoms with Gasteiger partial charge in [-0.2, -0.15) is 0 Å². The van der Waals surface area contributed by atoms with Crippen LogP contribution < -0.4 is 11.1 Å². The molecule has 1 saturated heterocycles. The maximum Gasteiger partial charge on any atom is 0.178 e. The number of nitrogen functional groups attached to an aromatic ring is 1. The Morgan fingerprint density at radius 2 is 1.90 bits per heavy atom. The molecule has 0 atom stereocenters. The summed E-state index contributed by atoms with van der Waals surface area (Å²) < 4.78 is 22.8. The summed E-state index contributed by atoms with van der Waals surface area (Å²) in [6.45, 7) is 0. The van der Waals surface area contributed by atoms with Crippen molar-refractivity contribution in [2.75, 3.05) is 22.6 Å². The normalized spacial score (nSPS) is 22.6. The number of nitrogens with two attached hydrogens (primary N) is 1. The molecule has 1 aliphatic heterocycles. The predicted molar refractivity (Wildman–Crippen MR) is 81.1 cm³/mol. The molecular weight excluding hydrogens is 296 g/mol. The highest BCUT2D eigenvalue weighted by Crippen LogP contribution is 2.39. The first-order valence-electron chi connectivity index (χ1n) is 6.85. The number of hydrogen-bond acceptors (Lipinski definition) is 6.